The van der Waals surface area contributed by atoms with Crippen LogP contribution in [0.3, 0.4) is 0 Å². The molecule has 0 N–H and O–H groups in total. The lowest BCUT2D eigenvalue weighted by Crippen LogP contribution is -2.48. The highest BCUT2D eigenvalue weighted by atomic mass is 32.2. The first-order chi connectivity index (χ1) is 13.5. The summed E-state index contributed by atoms with van der Waals surface area (Å²) in [6.07, 6.45) is 1.83. The van der Waals surface area contributed by atoms with Crippen LogP contribution in [0.4, 0.5) is 18.0 Å². The molecule has 28 heavy (non-hydrogen) atoms. The van der Waals surface area contributed by atoms with Crippen molar-refractivity contribution in [1.29, 1.82) is 0 Å². The van der Waals surface area contributed by atoms with Crippen molar-refractivity contribution in [2.24, 2.45) is 4.99 Å². The molecule has 0 atom stereocenters. The number of hydrogen-bond donors (Lipinski definition) is 0. The molecule has 0 unspecified atom stereocenters. The zero-order valence-electron chi connectivity index (χ0n) is 15.0. The first-order valence-corrected chi connectivity index (χ1v) is 9.62. The van der Waals surface area contributed by atoms with Crippen LogP contribution >= 0.6 is 11.8 Å². The number of nitrogens with zero attached hydrogens (tertiary/aromatic N) is 3. The van der Waals surface area contributed by atoms with E-state index in [2.05, 4.69) is 9.73 Å². The fourth-order valence-corrected chi connectivity index (χ4v) is 3.29. The van der Waals surface area contributed by atoms with Crippen LogP contribution in [0.15, 0.2) is 53.5 Å². The molecule has 3 rings (SSSR count). The fraction of sp³-hybridized carbons (Fsp3) is 0.263. The van der Waals surface area contributed by atoms with Crippen molar-refractivity contribution in [2.45, 2.75) is 19.7 Å². The number of carbonyl (C=O) groups excluding carboxylic acids is 1. The van der Waals surface area contributed by atoms with Gasteiger partial charge in [0, 0.05) is 6.54 Å². The van der Waals surface area contributed by atoms with Crippen molar-refractivity contribution in [3.8, 4) is 5.75 Å². The van der Waals surface area contributed by atoms with Crippen LogP contribution in [0.1, 0.15) is 11.1 Å². The van der Waals surface area contributed by atoms with Crippen molar-refractivity contribution in [1.82, 2.24) is 9.80 Å². The molecule has 0 spiro atoms. The van der Waals surface area contributed by atoms with Gasteiger partial charge in [0.15, 0.2) is 5.17 Å². The van der Waals surface area contributed by atoms with E-state index in [0.717, 1.165) is 11.1 Å². The normalized spacial score (nSPS) is 14.5. The van der Waals surface area contributed by atoms with Crippen molar-refractivity contribution >= 4 is 23.0 Å². The molecule has 1 heterocycles. The van der Waals surface area contributed by atoms with Crippen molar-refractivity contribution in [2.75, 3.05) is 12.9 Å². The van der Waals surface area contributed by atoms with Gasteiger partial charge >= 0.3 is 12.6 Å². The molecule has 0 bridgehead atoms. The number of amidine groups is 1. The predicted octanol–water partition coefficient (Wildman–Crippen LogP) is 4.54. The van der Waals surface area contributed by atoms with Crippen LogP contribution in [0.2, 0.25) is 0 Å². The molecular formula is C19H18F3N3O2S. The Kier molecular flexibility index (Phi) is 6.45. The number of alkyl halides is 2. The minimum absolute atomic E-state index is 0.0559. The van der Waals surface area contributed by atoms with Gasteiger partial charge in [-0.15, -0.1) is 0 Å². The largest absolute Gasteiger partial charge is 0.435 e. The molecule has 0 radical (unpaired) electrons. The number of halogens is 3. The molecule has 9 heteroatoms. The zero-order chi connectivity index (χ0) is 20.1. The number of thioether (sulfide) groups is 1. The van der Waals surface area contributed by atoms with Crippen LogP contribution in [-0.4, -0.2) is 40.5 Å². The summed E-state index contributed by atoms with van der Waals surface area (Å²) in [7, 11) is 0. The lowest BCUT2D eigenvalue weighted by Gasteiger charge is -2.34. The Bertz CT molecular complexity index is 845. The summed E-state index contributed by atoms with van der Waals surface area (Å²) in [6, 6.07) is 11.8. The Labute approximate surface area is 164 Å². The number of ether oxygens (including phenoxy) is 1. The van der Waals surface area contributed by atoms with E-state index in [9.17, 15) is 18.0 Å². The maximum absolute atomic E-state index is 13.1. The number of urea groups is 1. The molecule has 2 amide bonds. The Morgan fingerprint density at radius 3 is 2.29 bits per heavy atom. The molecule has 0 aliphatic carbocycles. The average molecular weight is 409 g/mol. The Hall–Kier alpha value is -2.68. The Morgan fingerprint density at radius 2 is 1.68 bits per heavy atom. The monoisotopic (exact) mass is 409 g/mol. The van der Waals surface area contributed by atoms with E-state index in [1.807, 2.05) is 6.26 Å². The third-order valence-electron chi connectivity index (χ3n) is 4.07. The third kappa shape index (κ3) is 4.98. The lowest BCUT2D eigenvalue weighted by molar-refractivity contribution is -0.0498. The summed E-state index contributed by atoms with van der Waals surface area (Å²) in [5.74, 6) is -0.280. The standard InChI is InChI=1S/C19H18F3N3O2S/c1-28-18-23-12-24(10-13-2-6-15(20)7-3-13)19(26)25(18)11-14-4-8-16(9-5-14)27-17(21)22/h2-9,17H,10-12H2,1H3. The number of hydrogen-bond acceptors (Lipinski definition) is 4. The van der Waals surface area contributed by atoms with Crippen LogP contribution in [-0.2, 0) is 13.1 Å². The summed E-state index contributed by atoms with van der Waals surface area (Å²) in [5, 5.41) is 0.577. The molecule has 5 nitrogen and oxygen atoms in total. The van der Waals surface area contributed by atoms with E-state index in [1.165, 1.54) is 40.9 Å². The van der Waals surface area contributed by atoms with E-state index >= 15 is 0 Å². The molecule has 0 aromatic heterocycles. The van der Waals surface area contributed by atoms with Crippen molar-refractivity contribution in [3.05, 3.63) is 65.5 Å². The van der Waals surface area contributed by atoms with Gasteiger partial charge in [0.25, 0.3) is 0 Å². The predicted molar refractivity (Wildman–Crippen MR) is 102 cm³/mol. The Balaban J connectivity index is 1.72. The van der Waals surface area contributed by atoms with Crippen LogP contribution in [0, 0.1) is 5.82 Å². The maximum atomic E-state index is 13.1. The van der Waals surface area contributed by atoms with E-state index in [-0.39, 0.29) is 30.8 Å². The number of carbonyl (C=O) groups is 1. The van der Waals surface area contributed by atoms with E-state index in [1.54, 1.807) is 29.2 Å². The number of aliphatic imine (C=N–C) groups is 1. The van der Waals surface area contributed by atoms with Gasteiger partial charge < -0.3 is 9.64 Å². The second kappa shape index (κ2) is 9.01. The highest BCUT2D eigenvalue weighted by molar-refractivity contribution is 8.13. The maximum Gasteiger partial charge on any atom is 0.387 e. The Morgan fingerprint density at radius 1 is 1.07 bits per heavy atom. The van der Waals surface area contributed by atoms with E-state index in [0.29, 0.717) is 11.7 Å². The van der Waals surface area contributed by atoms with Gasteiger partial charge in [0.05, 0.1) is 6.54 Å². The number of amides is 2. The summed E-state index contributed by atoms with van der Waals surface area (Å²) in [4.78, 5) is 20.5. The summed E-state index contributed by atoms with van der Waals surface area (Å²) < 4.78 is 41.9. The average Bonchev–Trinajstić information content (AvgIpc) is 2.68. The van der Waals surface area contributed by atoms with Crippen LogP contribution < -0.4 is 4.74 Å². The van der Waals surface area contributed by atoms with E-state index in [4.69, 9.17) is 0 Å². The minimum Gasteiger partial charge on any atom is -0.435 e. The van der Waals surface area contributed by atoms with Gasteiger partial charge in [0.1, 0.15) is 18.2 Å². The van der Waals surface area contributed by atoms with Gasteiger partial charge in [-0.05, 0) is 41.6 Å². The first kappa shape index (κ1) is 20.1. The molecular weight excluding hydrogens is 391 g/mol. The van der Waals surface area contributed by atoms with Gasteiger partial charge in [-0.3, -0.25) is 4.90 Å². The molecule has 2 aromatic carbocycles. The van der Waals surface area contributed by atoms with Crippen LogP contribution in [0.5, 0.6) is 5.75 Å². The fourth-order valence-electron chi connectivity index (χ4n) is 2.74. The van der Waals surface area contributed by atoms with Gasteiger partial charge in [0.2, 0.25) is 0 Å². The SMILES string of the molecule is CSC1=NCN(Cc2ccc(F)cc2)C(=O)N1Cc1ccc(OC(F)F)cc1. The van der Waals surface area contributed by atoms with E-state index < -0.39 is 6.61 Å². The zero-order valence-corrected chi connectivity index (χ0v) is 15.8. The number of rotatable bonds is 6. The van der Waals surface area contributed by atoms with Gasteiger partial charge in [-0.2, -0.15) is 8.78 Å². The molecule has 0 saturated carbocycles. The molecule has 0 fully saturated rings. The third-order valence-corrected chi connectivity index (χ3v) is 4.78. The van der Waals surface area contributed by atoms with Crippen molar-refractivity contribution < 1.29 is 22.7 Å². The quantitative estimate of drug-likeness (QED) is 0.704. The summed E-state index contributed by atoms with van der Waals surface area (Å²) >= 11 is 1.35. The number of benzene rings is 2. The molecule has 2 aromatic rings. The summed E-state index contributed by atoms with van der Waals surface area (Å²) in [5.41, 5.74) is 1.55. The highest BCUT2D eigenvalue weighted by Crippen LogP contribution is 2.22. The lowest BCUT2D eigenvalue weighted by atomic mass is 10.2. The molecule has 1 aliphatic heterocycles. The smallest absolute Gasteiger partial charge is 0.387 e. The minimum atomic E-state index is -2.88. The van der Waals surface area contributed by atoms with Crippen molar-refractivity contribution in [3.63, 3.8) is 0 Å². The molecule has 148 valence electrons. The van der Waals surface area contributed by atoms with Gasteiger partial charge in [-0.1, -0.05) is 36.0 Å². The topological polar surface area (TPSA) is 45.1 Å². The second-order valence-electron chi connectivity index (χ2n) is 6.00. The first-order valence-electron chi connectivity index (χ1n) is 8.39. The van der Waals surface area contributed by atoms with Crippen LogP contribution in [0.25, 0.3) is 0 Å². The molecule has 1 aliphatic rings. The second-order valence-corrected chi connectivity index (χ2v) is 6.78. The molecule has 0 saturated heterocycles. The summed E-state index contributed by atoms with van der Waals surface area (Å²) in [6.45, 7) is -2.12. The highest BCUT2D eigenvalue weighted by Gasteiger charge is 2.29. The van der Waals surface area contributed by atoms with Gasteiger partial charge in [-0.25, -0.2) is 14.2 Å².